The van der Waals surface area contributed by atoms with E-state index < -0.39 is 6.85 Å². The van der Waals surface area contributed by atoms with Gasteiger partial charge in [-0.15, -0.1) is 0 Å². The molecule has 0 amide bonds. The van der Waals surface area contributed by atoms with Gasteiger partial charge in [0.1, 0.15) is 11.2 Å². The minimum atomic E-state index is -2.23. The Hall–Kier alpha value is -8.21. The van der Waals surface area contributed by atoms with Crippen LogP contribution in [0.3, 0.4) is 0 Å². The Kier molecular flexibility index (Phi) is 10.2. The van der Waals surface area contributed by atoms with Gasteiger partial charge < -0.3 is 4.42 Å². The van der Waals surface area contributed by atoms with Crippen molar-refractivity contribution in [3.8, 4) is 67.2 Å². The fraction of sp³-hybridized carbons (Fsp3) is 0.0806. The second-order valence-electron chi connectivity index (χ2n) is 16.9. The van der Waals surface area contributed by atoms with Crippen LogP contribution >= 0.6 is 0 Å². The molecule has 0 fully saturated rings. The van der Waals surface area contributed by atoms with Crippen LogP contribution in [-0.4, -0.2) is 15.0 Å². The fourth-order valence-corrected chi connectivity index (χ4v) is 9.14. The number of aromatic nitrogens is 3. The van der Waals surface area contributed by atoms with Crippen molar-refractivity contribution in [3.05, 3.63) is 247 Å². The SMILES string of the molecule is [2H]C([2H])([2H])c1ccc(-c2ccc(-c3ccccc3-c3cc(CCc4ccc(-c5ccccn5)cc4)cc(CCc4ccc(-c5ccccn5)cc4)c3)c(-c3ccc4oc5ccccc5c4c3)c2)nc1. The Balaban J connectivity index is 0.985. The molecule has 4 heteroatoms. The number of rotatable bonds is 12. The largest absolute Gasteiger partial charge is 0.456 e. The van der Waals surface area contributed by atoms with Gasteiger partial charge >= 0.3 is 0 Å². The molecule has 66 heavy (non-hydrogen) atoms. The van der Waals surface area contributed by atoms with Crippen molar-refractivity contribution in [2.24, 2.45) is 0 Å². The van der Waals surface area contributed by atoms with Gasteiger partial charge in [0, 0.05) is 50.2 Å². The van der Waals surface area contributed by atoms with Gasteiger partial charge in [-0.05, 0) is 148 Å². The van der Waals surface area contributed by atoms with E-state index in [9.17, 15) is 0 Å². The van der Waals surface area contributed by atoms with E-state index in [1.807, 2.05) is 67.0 Å². The van der Waals surface area contributed by atoms with Crippen LogP contribution in [-0.2, 0) is 25.7 Å². The number of para-hydroxylation sites is 1. The summed E-state index contributed by atoms with van der Waals surface area (Å²) in [7, 11) is 0. The summed E-state index contributed by atoms with van der Waals surface area (Å²) in [6.07, 6.45) is 8.72. The lowest BCUT2D eigenvalue weighted by molar-refractivity contribution is 0.669. The Morgan fingerprint density at radius 2 is 0.924 bits per heavy atom. The van der Waals surface area contributed by atoms with Gasteiger partial charge in [0.2, 0.25) is 0 Å². The summed E-state index contributed by atoms with van der Waals surface area (Å²) in [6.45, 7) is -2.23. The molecule has 11 aromatic rings. The molecule has 0 atom stereocenters. The van der Waals surface area contributed by atoms with E-state index in [4.69, 9.17) is 8.53 Å². The molecule has 0 saturated heterocycles. The van der Waals surface area contributed by atoms with Crippen molar-refractivity contribution in [2.75, 3.05) is 0 Å². The number of furan rings is 1. The number of hydrogen-bond acceptors (Lipinski definition) is 4. The predicted octanol–water partition coefficient (Wildman–Crippen LogP) is 15.7. The summed E-state index contributed by atoms with van der Waals surface area (Å²) in [6, 6.07) is 70.0. The van der Waals surface area contributed by atoms with Gasteiger partial charge in [-0.1, -0.05) is 146 Å². The van der Waals surface area contributed by atoms with E-state index in [1.165, 1.54) is 34.0 Å². The van der Waals surface area contributed by atoms with Crippen molar-refractivity contribution < 1.29 is 8.53 Å². The molecular formula is C62H47N3O. The lowest BCUT2D eigenvalue weighted by Gasteiger charge is -2.18. The highest BCUT2D eigenvalue weighted by Gasteiger charge is 2.18. The number of hydrogen-bond donors (Lipinski definition) is 0. The van der Waals surface area contributed by atoms with Crippen LogP contribution < -0.4 is 0 Å². The lowest BCUT2D eigenvalue weighted by Crippen LogP contribution is -1.98. The highest BCUT2D eigenvalue weighted by atomic mass is 16.3. The molecule has 7 aromatic carbocycles. The first kappa shape index (κ1) is 37.2. The lowest BCUT2D eigenvalue weighted by atomic mass is 9.86. The first-order chi connectivity index (χ1) is 33.8. The van der Waals surface area contributed by atoms with Gasteiger partial charge in [-0.25, -0.2) is 0 Å². The maximum Gasteiger partial charge on any atom is 0.135 e. The Bertz CT molecular complexity index is 3460. The van der Waals surface area contributed by atoms with Gasteiger partial charge in [-0.3, -0.25) is 15.0 Å². The zero-order chi connectivity index (χ0) is 46.7. The summed E-state index contributed by atoms with van der Waals surface area (Å²) < 4.78 is 30.0. The van der Waals surface area contributed by atoms with Crippen LogP contribution in [0.15, 0.2) is 223 Å². The molecule has 0 aliphatic heterocycles. The number of pyridine rings is 3. The van der Waals surface area contributed by atoms with Crippen LogP contribution in [0.5, 0.6) is 0 Å². The second-order valence-corrected chi connectivity index (χ2v) is 16.9. The van der Waals surface area contributed by atoms with Crippen molar-refractivity contribution in [1.82, 2.24) is 15.0 Å². The summed E-state index contributed by atoms with van der Waals surface area (Å²) >= 11 is 0. The fourth-order valence-electron chi connectivity index (χ4n) is 9.14. The zero-order valence-corrected chi connectivity index (χ0v) is 36.4. The zero-order valence-electron chi connectivity index (χ0n) is 39.4. The van der Waals surface area contributed by atoms with E-state index in [1.54, 1.807) is 12.1 Å². The normalized spacial score (nSPS) is 12.2. The van der Waals surface area contributed by atoms with E-state index in [2.05, 4.69) is 148 Å². The van der Waals surface area contributed by atoms with Crippen LogP contribution in [0.2, 0.25) is 0 Å². The molecule has 4 heterocycles. The Morgan fingerprint density at radius 1 is 0.364 bits per heavy atom. The van der Waals surface area contributed by atoms with E-state index in [-0.39, 0.29) is 5.56 Å². The van der Waals surface area contributed by atoms with Crippen LogP contribution in [0.4, 0.5) is 0 Å². The first-order valence-electron chi connectivity index (χ1n) is 24.1. The van der Waals surface area contributed by atoms with Crippen molar-refractivity contribution >= 4 is 21.9 Å². The van der Waals surface area contributed by atoms with E-state index in [0.717, 1.165) is 104 Å². The Morgan fingerprint density at radius 3 is 1.56 bits per heavy atom. The molecule has 316 valence electrons. The maximum atomic E-state index is 7.92. The first-order valence-corrected chi connectivity index (χ1v) is 22.6. The maximum absolute atomic E-state index is 7.92. The second kappa shape index (κ2) is 18.1. The molecule has 0 N–H and O–H groups in total. The standard InChI is InChI=1S/C62H47N3O/c1-42-16-32-60(65-41-42)50-29-31-54(56(40-50)49-30-33-62-57(39-49)55-12-4-5-15-61(55)66-62)53-11-3-2-10-52(53)51-37-45(19-17-43-21-25-47(26-22-43)58-13-6-8-34-63-58)36-46(38-51)20-18-44-23-27-48(28-24-44)59-14-7-9-35-64-59/h2-16,21-41H,17-20H2,1H3/i1D3. The smallest absolute Gasteiger partial charge is 0.135 e. The summed E-state index contributed by atoms with van der Waals surface area (Å²) in [5.74, 6) is 0. The molecule has 0 spiro atoms. The number of nitrogens with zero attached hydrogens (tertiary/aromatic N) is 3. The highest BCUT2D eigenvalue weighted by Crippen LogP contribution is 2.42. The molecule has 0 aliphatic carbocycles. The van der Waals surface area contributed by atoms with Gasteiger partial charge in [0.15, 0.2) is 0 Å². The van der Waals surface area contributed by atoms with Crippen molar-refractivity contribution in [1.29, 1.82) is 0 Å². The molecule has 0 unspecified atom stereocenters. The Labute approximate surface area is 390 Å². The highest BCUT2D eigenvalue weighted by molar-refractivity contribution is 6.07. The molecule has 0 aliphatic rings. The van der Waals surface area contributed by atoms with E-state index in [0.29, 0.717) is 5.69 Å². The number of benzene rings is 7. The minimum Gasteiger partial charge on any atom is -0.456 e. The molecule has 0 saturated carbocycles. The third-order valence-corrected chi connectivity index (χ3v) is 12.6. The summed E-state index contributed by atoms with van der Waals surface area (Å²) in [5.41, 5.74) is 19.4. The van der Waals surface area contributed by atoms with Gasteiger partial charge in [-0.2, -0.15) is 0 Å². The topological polar surface area (TPSA) is 51.8 Å². The monoisotopic (exact) mass is 852 g/mol. The molecule has 4 nitrogen and oxygen atoms in total. The van der Waals surface area contributed by atoms with Crippen molar-refractivity contribution in [3.63, 3.8) is 0 Å². The average molecular weight is 853 g/mol. The molecular weight excluding hydrogens is 803 g/mol. The molecule has 4 aromatic heterocycles. The quantitative estimate of drug-likeness (QED) is 0.123. The average Bonchev–Trinajstić information content (AvgIpc) is 3.78. The van der Waals surface area contributed by atoms with Crippen LogP contribution in [0.25, 0.3) is 89.1 Å². The molecule has 0 bridgehead atoms. The summed E-state index contributed by atoms with van der Waals surface area (Å²) in [5, 5.41) is 2.11. The molecule has 11 rings (SSSR count). The third-order valence-electron chi connectivity index (χ3n) is 12.6. The minimum absolute atomic E-state index is 0.216. The molecule has 0 radical (unpaired) electrons. The third kappa shape index (κ3) is 8.57. The van der Waals surface area contributed by atoms with Gasteiger partial charge in [0.05, 0.1) is 17.1 Å². The summed E-state index contributed by atoms with van der Waals surface area (Å²) in [4.78, 5) is 13.8. The van der Waals surface area contributed by atoms with Crippen LogP contribution in [0.1, 0.15) is 31.9 Å². The number of fused-ring (bicyclic) bond motifs is 3. The van der Waals surface area contributed by atoms with E-state index >= 15 is 0 Å². The van der Waals surface area contributed by atoms with Crippen molar-refractivity contribution in [2.45, 2.75) is 32.5 Å². The van der Waals surface area contributed by atoms with Crippen LogP contribution in [0, 0.1) is 6.85 Å². The predicted molar refractivity (Wildman–Crippen MR) is 272 cm³/mol. The van der Waals surface area contributed by atoms with Gasteiger partial charge in [0.25, 0.3) is 0 Å². The number of aryl methyl sites for hydroxylation is 5.